The zero-order valence-corrected chi connectivity index (χ0v) is 9.81. The molecule has 1 amide bonds. The lowest BCUT2D eigenvalue weighted by Crippen LogP contribution is -2.12. The number of carbonyl (C=O) groups is 1. The second-order valence-corrected chi connectivity index (χ2v) is 5.11. The zero-order valence-electron chi connectivity index (χ0n) is 8.24. The first-order valence-corrected chi connectivity index (χ1v) is 6.16. The maximum absolute atomic E-state index is 11.5. The lowest BCUT2D eigenvalue weighted by Gasteiger charge is -1.96. The number of halogens is 1. The van der Waals surface area contributed by atoms with Gasteiger partial charge in [0.15, 0.2) is 5.13 Å². The molecular formula is C10H8ClN3OS. The Hall–Kier alpha value is -1.20. The van der Waals surface area contributed by atoms with Gasteiger partial charge in [-0.15, -0.1) is 0 Å². The largest absolute Gasteiger partial charge is 0.302 e. The van der Waals surface area contributed by atoms with Crippen molar-refractivity contribution in [2.75, 3.05) is 5.32 Å². The lowest BCUT2D eigenvalue weighted by molar-refractivity contribution is -0.117. The van der Waals surface area contributed by atoms with Crippen LogP contribution in [0.4, 0.5) is 5.13 Å². The zero-order chi connectivity index (χ0) is 11.1. The molecule has 0 spiro atoms. The minimum absolute atomic E-state index is 0.0603. The Bertz CT molecular complexity index is 564. The summed E-state index contributed by atoms with van der Waals surface area (Å²) in [7, 11) is 0. The highest BCUT2D eigenvalue weighted by Crippen LogP contribution is 2.32. The van der Waals surface area contributed by atoms with Gasteiger partial charge in [-0.2, -0.15) is 0 Å². The summed E-state index contributed by atoms with van der Waals surface area (Å²) in [5, 5.41) is 3.84. The first-order chi connectivity index (χ1) is 7.72. The molecule has 1 aliphatic carbocycles. The van der Waals surface area contributed by atoms with Gasteiger partial charge in [0.25, 0.3) is 0 Å². The maximum atomic E-state index is 11.5. The van der Waals surface area contributed by atoms with Gasteiger partial charge in [-0.05, 0) is 25.0 Å². The fourth-order valence-electron chi connectivity index (χ4n) is 1.40. The minimum atomic E-state index is 0.0603. The summed E-state index contributed by atoms with van der Waals surface area (Å²) in [5.41, 5.74) is 0.764. The van der Waals surface area contributed by atoms with Crippen LogP contribution >= 0.6 is 22.9 Å². The molecule has 1 fully saturated rings. The quantitative estimate of drug-likeness (QED) is 0.838. The molecule has 4 nitrogen and oxygen atoms in total. The third-order valence-electron chi connectivity index (χ3n) is 2.40. The molecule has 6 heteroatoms. The molecule has 0 atom stereocenters. The molecule has 2 aromatic heterocycles. The van der Waals surface area contributed by atoms with Gasteiger partial charge >= 0.3 is 0 Å². The highest BCUT2D eigenvalue weighted by Gasteiger charge is 2.30. The van der Waals surface area contributed by atoms with Gasteiger partial charge < -0.3 is 5.32 Å². The normalized spacial score (nSPS) is 15.3. The Morgan fingerprint density at radius 3 is 3.00 bits per heavy atom. The Morgan fingerprint density at radius 1 is 1.44 bits per heavy atom. The number of nitrogens with one attached hydrogen (secondary N) is 1. The van der Waals surface area contributed by atoms with Crippen LogP contribution in [0.15, 0.2) is 12.1 Å². The smallest absolute Gasteiger partial charge is 0.229 e. The number of fused-ring (bicyclic) bond motifs is 1. The second kappa shape index (κ2) is 3.68. The van der Waals surface area contributed by atoms with Crippen molar-refractivity contribution in [2.24, 2.45) is 5.92 Å². The number of amides is 1. The molecule has 2 aromatic rings. The first kappa shape index (κ1) is 9.99. The summed E-state index contributed by atoms with van der Waals surface area (Å²) in [4.78, 5) is 20.7. The molecule has 1 N–H and O–H groups in total. The predicted octanol–water partition coefficient (Wildman–Crippen LogP) is 2.69. The van der Waals surface area contributed by atoms with Crippen molar-refractivity contribution in [3.63, 3.8) is 0 Å². The Balaban J connectivity index is 1.89. The van der Waals surface area contributed by atoms with E-state index in [1.54, 1.807) is 12.1 Å². The van der Waals surface area contributed by atoms with E-state index in [-0.39, 0.29) is 11.8 Å². The number of pyridine rings is 1. The Morgan fingerprint density at radius 2 is 2.25 bits per heavy atom. The molecule has 0 saturated heterocycles. The summed E-state index contributed by atoms with van der Waals surface area (Å²) in [6.07, 6.45) is 1.97. The van der Waals surface area contributed by atoms with Crippen LogP contribution in [0.5, 0.6) is 0 Å². The summed E-state index contributed by atoms with van der Waals surface area (Å²) in [6, 6.07) is 3.49. The molecule has 82 valence electrons. The van der Waals surface area contributed by atoms with Crippen LogP contribution < -0.4 is 5.32 Å². The predicted molar refractivity (Wildman–Crippen MR) is 63.8 cm³/mol. The lowest BCUT2D eigenvalue weighted by atomic mass is 10.4. The molecule has 0 bridgehead atoms. The fourth-order valence-corrected chi connectivity index (χ4v) is 2.44. The average Bonchev–Trinajstić information content (AvgIpc) is 3.00. The molecule has 2 heterocycles. The van der Waals surface area contributed by atoms with E-state index in [4.69, 9.17) is 11.6 Å². The number of nitrogens with zero attached hydrogens (tertiary/aromatic N) is 2. The van der Waals surface area contributed by atoms with Crippen LogP contribution in [-0.4, -0.2) is 15.9 Å². The van der Waals surface area contributed by atoms with E-state index < -0.39 is 0 Å². The highest BCUT2D eigenvalue weighted by molar-refractivity contribution is 7.22. The standard InChI is InChI=1S/C10H8ClN3OS/c11-7-4-3-6-9(13-7)16-10(12-6)14-8(15)5-1-2-5/h3-5H,1-2H2,(H,12,14,15). The highest BCUT2D eigenvalue weighted by atomic mass is 35.5. The van der Waals surface area contributed by atoms with E-state index >= 15 is 0 Å². The molecule has 3 rings (SSSR count). The molecule has 16 heavy (non-hydrogen) atoms. The topological polar surface area (TPSA) is 54.9 Å². The Kier molecular flexibility index (Phi) is 2.29. The first-order valence-electron chi connectivity index (χ1n) is 4.96. The van der Waals surface area contributed by atoms with E-state index in [1.807, 2.05) is 0 Å². The van der Waals surface area contributed by atoms with Crippen molar-refractivity contribution in [1.82, 2.24) is 9.97 Å². The second-order valence-electron chi connectivity index (χ2n) is 3.74. The van der Waals surface area contributed by atoms with Gasteiger partial charge in [0.2, 0.25) is 5.91 Å². The molecular weight excluding hydrogens is 246 g/mol. The van der Waals surface area contributed by atoms with E-state index in [9.17, 15) is 4.79 Å². The van der Waals surface area contributed by atoms with E-state index in [0.717, 1.165) is 23.2 Å². The Labute approximate surface area is 101 Å². The van der Waals surface area contributed by atoms with Crippen LogP contribution in [0.2, 0.25) is 5.15 Å². The van der Waals surface area contributed by atoms with Crippen molar-refractivity contribution < 1.29 is 4.79 Å². The number of hydrogen-bond acceptors (Lipinski definition) is 4. The summed E-state index contributed by atoms with van der Waals surface area (Å²) in [6.45, 7) is 0. The van der Waals surface area contributed by atoms with Crippen molar-refractivity contribution in [3.8, 4) is 0 Å². The average molecular weight is 254 g/mol. The van der Waals surface area contributed by atoms with Crippen molar-refractivity contribution in [2.45, 2.75) is 12.8 Å². The molecule has 0 unspecified atom stereocenters. The van der Waals surface area contributed by atoms with Crippen LogP contribution in [0.1, 0.15) is 12.8 Å². The summed E-state index contributed by atoms with van der Waals surface area (Å²) < 4.78 is 0. The van der Waals surface area contributed by atoms with E-state index in [1.165, 1.54) is 11.3 Å². The number of aromatic nitrogens is 2. The number of thiazole rings is 1. The van der Waals surface area contributed by atoms with Gasteiger partial charge in [0.1, 0.15) is 15.5 Å². The van der Waals surface area contributed by atoms with Crippen molar-refractivity contribution >= 4 is 44.3 Å². The SMILES string of the molecule is O=C(Nc1nc2ccc(Cl)nc2s1)C1CC1. The number of anilines is 1. The third-order valence-corrected chi connectivity index (χ3v) is 3.49. The summed E-state index contributed by atoms with van der Waals surface area (Å²) in [5.74, 6) is 0.244. The minimum Gasteiger partial charge on any atom is -0.302 e. The van der Waals surface area contributed by atoms with Gasteiger partial charge in [0, 0.05) is 5.92 Å². The maximum Gasteiger partial charge on any atom is 0.229 e. The molecule has 1 saturated carbocycles. The summed E-state index contributed by atoms with van der Waals surface area (Å²) >= 11 is 7.12. The number of rotatable bonds is 2. The van der Waals surface area contributed by atoms with Crippen LogP contribution in [0, 0.1) is 5.92 Å². The number of hydrogen-bond donors (Lipinski definition) is 1. The number of carbonyl (C=O) groups excluding carboxylic acids is 1. The monoisotopic (exact) mass is 253 g/mol. The molecule has 1 aliphatic rings. The van der Waals surface area contributed by atoms with Gasteiger partial charge in [0.05, 0.1) is 0 Å². The molecule has 0 aromatic carbocycles. The van der Waals surface area contributed by atoms with Crippen LogP contribution in [0.25, 0.3) is 10.3 Å². The van der Waals surface area contributed by atoms with Gasteiger partial charge in [-0.25, -0.2) is 9.97 Å². The van der Waals surface area contributed by atoms with E-state index in [2.05, 4.69) is 15.3 Å². The van der Waals surface area contributed by atoms with Crippen LogP contribution in [-0.2, 0) is 4.79 Å². The fraction of sp³-hybridized carbons (Fsp3) is 0.300. The molecule has 0 aliphatic heterocycles. The van der Waals surface area contributed by atoms with E-state index in [0.29, 0.717) is 10.3 Å². The van der Waals surface area contributed by atoms with Crippen molar-refractivity contribution in [3.05, 3.63) is 17.3 Å². The molecule has 0 radical (unpaired) electrons. The third kappa shape index (κ3) is 1.88. The van der Waals surface area contributed by atoms with Crippen molar-refractivity contribution in [1.29, 1.82) is 0 Å². The van der Waals surface area contributed by atoms with Gasteiger partial charge in [-0.3, -0.25) is 4.79 Å². The van der Waals surface area contributed by atoms with Gasteiger partial charge in [-0.1, -0.05) is 22.9 Å². The van der Waals surface area contributed by atoms with Crippen LogP contribution in [0.3, 0.4) is 0 Å².